The summed E-state index contributed by atoms with van der Waals surface area (Å²) in [6.45, 7) is 8.56. The van der Waals surface area contributed by atoms with Crippen molar-refractivity contribution in [2.24, 2.45) is 0 Å². The predicted octanol–water partition coefficient (Wildman–Crippen LogP) is 8.59. The molecule has 6 heterocycles. The van der Waals surface area contributed by atoms with E-state index >= 15 is 0 Å². The lowest BCUT2D eigenvalue weighted by Crippen LogP contribution is -2.43. The summed E-state index contributed by atoms with van der Waals surface area (Å²) in [5, 5.41) is 8.08. The zero-order chi connectivity index (χ0) is 40.7. The third-order valence-corrected chi connectivity index (χ3v) is 11.5. The second kappa shape index (κ2) is 15.7. The van der Waals surface area contributed by atoms with Gasteiger partial charge >= 0.3 is 17.5 Å². The fourth-order valence-electron chi connectivity index (χ4n) is 8.61. The Labute approximate surface area is 340 Å². The van der Waals surface area contributed by atoms with Crippen LogP contribution < -0.4 is 16.7 Å². The lowest BCUT2D eigenvalue weighted by Gasteiger charge is -2.33. The summed E-state index contributed by atoms with van der Waals surface area (Å²) < 4.78 is 9.10. The van der Waals surface area contributed by atoms with Crippen molar-refractivity contribution < 1.29 is 9.53 Å². The van der Waals surface area contributed by atoms with Crippen LogP contribution in [0.5, 0.6) is 0 Å². The molecule has 0 aliphatic carbocycles. The minimum Gasteiger partial charge on any atom is -0.444 e. The van der Waals surface area contributed by atoms with Gasteiger partial charge in [0.15, 0.2) is 11.3 Å². The van der Waals surface area contributed by atoms with E-state index in [1.807, 2.05) is 61.7 Å². The van der Waals surface area contributed by atoms with Crippen molar-refractivity contribution >= 4 is 50.0 Å². The average Bonchev–Trinajstić information content (AvgIpc) is 3.78. The highest BCUT2D eigenvalue weighted by atomic mass is 16.6. The minimum atomic E-state index is -0.523. The molecule has 59 heavy (non-hydrogen) atoms. The third kappa shape index (κ3) is 7.63. The van der Waals surface area contributed by atoms with Gasteiger partial charge in [-0.1, -0.05) is 72.8 Å². The van der Waals surface area contributed by atoms with Crippen LogP contribution in [0, 0.1) is 0 Å². The Morgan fingerprint density at radius 2 is 1.08 bits per heavy atom. The number of aromatic nitrogens is 6. The number of nitrogens with one attached hydrogen (secondary N) is 3. The molecule has 300 valence electrons. The Morgan fingerprint density at radius 3 is 1.56 bits per heavy atom. The Hall–Kier alpha value is -6.53. The summed E-state index contributed by atoms with van der Waals surface area (Å²) in [6, 6.07) is 33.4. The molecule has 10 rings (SSSR count). The molecule has 0 saturated carbocycles. The van der Waals surface area contributed by atoms with Crippen LogP contribution in [-0.2, 0) is 4.74 Å². The number of benzene rings is 4. The average molecular weight is 789 g/mol. The first-order valence-corrected chi connectivity index (χ1v) is 20.5. The maximum absolute atomic E-state index is 13.0. The molecule has 0 spiro atoms. The van der Waals surface area contributed by atoms with Gasteiger partial charge in [0.05, 0.1) is 11.0 Å². The van der Waals surface area contributed by atoms with E-state index in [0.29, 0.717) is 31.6 Å². The van der Waals surface area contributed by atoms with Gasteiger partial charge in [0.25, 0.3) is 0 Å². The van der Waals surface area contributed by atoms with Gasteiger partial charge < -0.3 is 24.9 Å². The number of carbonyl (C=O) groups excluding carboxylic acids is 1. The van der Waals surface area contributed by atoms with Crippen LogP contribution in [0.2, 0.25) is 0 Å². The summed E-state index contributed by atoms with van der Waals surface area (Å²) in [5.74, 6) is 0. The number of piperidine rings is 2. The van der Waals surface area contributed by atoms with Crippen LogP contribution in [0.4, 0.5) is 4.79 Å². The number of nitrogens with zero attached hydrogens (tertiary/aromatic N) is 5. The SMILES string of the molecule is CC(C)(C)OC(=O)N1CCC(n2c(=O)[nH]c3c(-c4ccc5ccccc5c4)ccnc32)CC1.O=c1[nH]c2c(-c3ccc4ccccc4c3)ccnc2n1C1CCNCC1. The maximum atomic E-state index is 13.0. The van der Waals surface area contributed by atoms with E-state index in [2.05, 4.69) is 85.9 Å². The predicted molar refractivity (Wildman–Crippen MR) is 234 cm³/mol. The number of rotatable bonds is 4. The maximum Gasteiger partial charge on any atom is 0.410 e. The van der Waals surface area contributed by atoms with Crippen LogP contribution >= 0.6 is 0 Å². The molecular weight excluding hydrogens is 741 g/mol. The smallest absolute Gasteiger partial charge is 0.410 e. The first kappa shape index (κ1) is 38.0. The topological polar surface area (TPSA) is 143 Å². The molecule has 1 amide bonds. The highest BCUT2D eigenvalue weighted by molar-refractivity contribution is 5.95. The van der Waals surface area contributed by atoms with Gasteiger partial charge in [0, 0.05) is 48.7 Å². The lowest BCUT2D eigenvalue weighted by atomic mass is 10.0. The summed E-state index contributed by atoms with van der Waals surface area (Å²) >= 11 is 0. The van der Waals surface area contributed by atoms with E-state index in [1.54, 1.807) is 21.9 Å². The molecule has 12 nitrogen and oxygen atoms in total. The van der Waals surface area contributed by atoms with Crippen molar-refractivity contribution in [2.75, 3.05) is 26.2 Å². The second-order valence-corrected chi connectivity index (χ2v) is 16.5. The van der Waals surface area contributed by atoms with Gasteiger partial charge in [0.2, 0.25) is 0 Å². The van der Waals surface area contributed by atoms with E-state index in [-0.39, 0.29) is 29.6 Å². The molecule has 0 atom stereocenters. The number of imidazole rings is 2. The number of pyridine rings is 2. The number of hydrogen-bond acceptors (Lipinski definition) is 7. The fourth-order valence-corrected chi connectivity index (χ4v) is 8.61. The highest BCUT2D eigenvalue weighted by Crippen LogP contribution is 2.33. The van der Waals surface area contributed by atoms with Crippen molar-refractivity contribution in [1.29, 1.82) is 0 Å². The fraction of sp³-hybridized carbons (Fsp3) is 0.298. The molecule has 0 bridgehead atoms. The summed E-state index contributed by atoms with van der Waals surface area (Å²) in [5.41, 5.74) is 6.33. The molecule has 2 fully saturated rings. The molecule has 4 aromatic heterocycles. The monoisotopic (exact) mass is 788 g/mol. The summed E-state index contributed by atoms with van der Waals surface area (Å²) in [7, 11) is 0. The van der Waals surface area contributed by atoms with Gasteiger partial charge in [-0.3, -0.25) is 9.13 Å². The molecule has 2 aliphatic heterocycles. The van der Waals surface area contributed by atoms with Gasteiger partial charge in [0.1, 0.15) is 5.60 Å². The molecule has 2 saturated heterocycles. The van der Waals surface area contributed by atoms with Crippen molar-refractivity contribution in [1.82, 2.24) is 39.3 Å². The zero-order valence-electron chi connectivity index (χ0n) is 33.6. The minimum absolute atomic E-state index is 0.0238. The number of fused-ring (bicyclic) bond motifs is 4. The van der Waals surface area contributed by atoms with Crippen LogP contribution in [0.3, 0.4) is 0 Å². The molecule has 2 aliphatic rings. The Balaban J connectivity index is 0.000000156. The summed E-state index contributed by atoms with van der Waals surface area (Å²) in [6.07, 6.45) is 6.51. The number of ether oxygens (including phenoxy) is 1. The Kier molecular flexibility index (Phi) is 10.1. The second-order valence-electron chi connectivity index (χ2n) is 16.5. The van der Waals surface area contributed by atoms with Gasteiger partial charge in [-0.15, -0.1) is 0 Å². The standard InChI is InChI=1S/C26H28N4O3.C21H20N4O/c1-26(2,3)33-25(32)29-14-11-20(12-15-29)30-23-22(28-24(30)31)21(10-13-27-23)19-9-8-17-6-4-5-7-18(17)16-19;26-21-24-19-18(16-6-5-14-3-1-2-4-15(14)13-16)9-12-23-20(19)25(21)17-7-10-22-11-8-17/h4-10,13,16,20H,11-12,14-15H2,1-3H3,(H,28,31);1-6,9,12-13,17,22H,7-8,10-11H2,(H,24,26). The van der Waals surface area contributed by atoms with Gasteiger partial charge in [-0.25, -0.2) is 24.4 Å². The van der Waals surface area contributed by atoms with E-state index in [1.165, 1.54) is 16.2 Å². The third-order valence-electron chi connectivity index (χ3n) is 11.5. The van der Waals surface area contributed by atoms with Crippen LogP contribution in [0.25, 0.3) is 66.1 Å². The molecule has 0 unspecified atom stereocenters. The quantitative estimate of drug-likeness (QED) is 0.162. The van der Waals surface area contributed by atoms with Crippen molar-refractivity contribution in [3.05, 3.63) is 130 Å². The number of H-pyrrole nitrogens is 2. The summed E-state index contributed by atoms with van der Waals surface area (Å²) in [4.78, 5) is 55.0. The van der Waals surface area contributed by atoms with Crippen molar-refractivity contribution in [3.63, 3.8) is 0 Å². The number of hydrogen-bond donors (Lipinski definition) is 3. The number of aromatic amines is 2. The normalized spacial score (nSPS) is 15.5. The Morgan fingerprint density at radius 1 is 0.627 bits per heavy atom. The number of amides is 1. The van der Waals surface area contributed by atoms with Gasteiger partial charge in [-0.05, 0) is 116 Å². The van der Waals surface area contributed by atoms with E-state index in [9.17, 15) is 14.4 Å². The zero-order valence-corrected chi connectivity index (χ0v) is 33.6. The van der Waals surface area contributed by atoms with Crippen LogP contribution in [0.1, 0.15) is 58.5 Å². The first-order valence-electron chi connectivity index (χ1n) is 20.5. The Bertz CT molecular complexity index is 2940. The van der Waals surface area contributed by atoms with Crippen LogP contribution in [-0.4, -0.2) is 71.8 Å². The van der Waals surface area contributed by atoms with Crippen LogP contribution in [0.15, 0.2) is 119 Å². The van der Waals surface area contributed by atoms with Crippen molar-refractivity contribution in [2.45, 2.75) is 64.1 Å². The number of likely N-dealkylation sites (tertiary alicyclic amines) is 1. The van der Waals surface area contributed by atoms with Gasteiger partial charge in [-0.2, -0.15) is 0 Å². The molecule has 0 radical (unpaired) electrons. The molecule has 12 heteroatoms. The van der Waals surface area contributed by atoms with Crippen molar-refractivity contribution in [3.8, 4) is 22.3 Å². The molecule has 3 N–H and O–H groups in total. The van der Waals surface area contributed by atoms with E-state index in [0.717, 1.165) is 70.3 Å². The largest absolute Gasteiger partial charge is 0.444 e. The first-order chi connectivity index (χ1) is 28.6. The molecule has 4 aromatic carbocycles. The highest BCUT2D eigenvalue weighted by Gasteiger charge is 2.30. The molecular formula is C47H48N8O4. The number of carbonyl (C=O) groups is 1. The molecule has 8 aromatic rings. The van der Waals surface area contributed by atoms with E-state index in [4.69, 9.17) is 4.74 Å². The lowest BCUT2D eigenvalue weighted by molar-refractivity contribution is 0.0188. The van der Waals surface area contributed by atoms with E-state index < -0.39 is 5.60 Å².